The van der Waals surface area contributed by atoms with Crippen LogP contribution in [0.5, 0.6) is 5.75 Å². The average molecular weight is 251 g/mol. The molecule has 0 heterocycles. The number of benzene rings is 1. The zero-order valence-electron chi connectivity index (χ0n) is 10.5. The third-order valence-electron chi connectivity index (χ3n) is 2.32. The molecule has 98 valence electrons. The standard InChI is InChI=1S/C13H17NO4/c1-3-11(13(16)14-9-12(15)17-2)18-10-7-5-4-6-8-10/h4-8,11H,3,9H2,1-2H3,(H,14,16). The van der Waals surface area contributed by atoms with Crippen LogP contribution in [0.2, 0.25) is 0 Å². The second-order valence-corrected chi connectivity index (χ2v) is 3.62. The molecule has 0 saturated heterocycles. The van der Waals surface area contributed by atoms with E-state index < -0.39 is 12.1 Å². The highest BCUT2D eigenvalue weighted by Gasteiger charge is 2.18. The van der Waals surface area contributed by atoms with Crippen molar-refractivity contribution in [3.05, 3.63) is 30.3 Å². The van der Waals surface area contributed by atoms with Crippen LogP contribution in [-0.2, 0) is 14.3 Å². The third-order valence-corrected chi connectivity index (χ3v) is 2.32. The molecule has 1 N–H and O–H groups in total. The maximum absolute atomic E-state index is 11.8. The van der Waals surface area contributed by atoms with E-state index in [0.29, 0.717) is 12.2 Å². The zero-order valence-corrected chi connectivity index (χ0v) is 10.5. The van der Waals surface area contributed by atoms with Crippen LogP contribution < -0.4 is 10.1 Å². The van der Waals surface area contributed by atoms with Gasteiger partial charge in [0.15, 0.2) is 6.10 Å². The minimum Gasteiger partial charge on any atom is -0.481 e. The van der Waals surface area contributed by atoms with Gasteiger partial charge in [-0.25, -0.2) is 0 Å². The highest BCUT2D eigenvalue weighted by atomic mass is 16.5. The number of amides is 1. The molecule has 0 aliphatic rings. The Hall–Kier alpha value is -2.04. The van der Waals surface area contributed by atoms with Gasteiger partial charge < -0.3 is 14.8 Å². The first-order chi connectivity index (χ1) is 8.67. The van der Waals surface area contributed by atoms with E-state index in [1.165, 1.54) is 7.11 Å². The number of esters is 1. The SMILES string of the molecule is CCC(Oc1ccccc1)C(=O)NCC(=O)OC. The van der Waals surface area contributed by atoms with Crippen LogP contribution in [0.15, 0.2) is 30.3 Å². The van der Waals surface area contributed by atoms with Gasteiger partial charge in [-0.15, -0.1) is 0 Å². The maximum Gasteiger partial charge on any atom is 0.325 e. The van der Waals surface area contributed by atoms with Gasteiger partial charge in [0.05, 0.1) is 7.11 Å². The lowest BCUT2D eigenvalue weighted by atomic mass is 10.2. The van der Waals surface area contributed by atoms with E-state index >= 15 is 0 Å². The number of rotatable bonds is 6. The number of methoxy groups -OCH3 is 1. The number of hydrogen-bond acceptors (Lipinski definition) is 4. The van der Waals surface area contributed by atoms with E-state index in [1.807, 2.05) is 25.1 Å². The molecule has 1 unspecified atom stereocenters. The van der Waals surface area contributed by atoms with Crippen LogP contribution in [0.3, 0.4) is 0 Å². The number of nitrogens with one attached hydrogen (secondary N) is 1. The second-order valence-electron chi connectivity index (χ2n) is 3.62. The highest BCUT2D eigenvalue weighted by molar-refractivity contribution is 5.85. The summed E-state index contributed by atoms with van der Waals surface area (Å²) in [4.78, 5) is 22.7. The molecule has 5 heteroatoms. The summed E-state index contributed by atoms with van der Waals surface area (Å²) in [5.74, 6) is -0.192. The molecule has 0 saturated carbocycles. The summed E-state index contributed by atoms with van der Waals surface area (Å²) >= 11 is 0. The predicted octanol–water partition coefficient (Wildman–Crippen LogP) is 1.13. The third kappa shape index (κ3) is 4.45. The maximum atomic E-state index is 11.8. The van der Waals surface area contributed by atoms with Crippen molar-refractivity contribution in [3.8, 4) is 5.75 Å². The molecule has 18 heavy (non-hydrogen) atoms. The first kappa shape index (κ1) is 14.0. The van der Waals surface area contributed by atoms with Crippen LogP contribution >= 0.6 is 0 Å². The van der Waals surface area contributed by atoms with Crippen molar-refractivity contribution in [1.29, 1.82) is 0 Å². The largest absolute Gasteiger partial charge is 0.481 e. The first-order valence-electron chi connectivity index (χ1n) is 5.73. The van der Waals surface area contributed by atoms with Crippen LogP contribution in [0, 0.1) is 0 Å². The fourth-order valence-electron chi connectivity index (χ4n) is 1.33. The Kier molecular flexibility index (Phi) is 5.70. The fourth-order valence-corrected chi connectivity index (χ4v) is 1.33. The van der Waals surface area contributed by atoms with E-state index in [-0.39, 0.29) is 12.5 Å². The minimum atomic E-state index is -0.614. The number of carbonyl (C=O) groups excluding carboxylic acids is 2. The molecule has 0 fully saturated rings. The summed E-state index contributed by atoms with van der Waals surface area (Å²) in [6, 6.07) is 9.07. The van der Waals surface area contributed by atoms with E-state index in [1.54, 1.807) is 12.1 Å². The molecule has 1 aromatic rings. The molecule has 0 radical (unpaired) electrons. The summed E-state index contributed by atoms with van der Waals surface area (Å²) in [5.41, 5.74) is 0. The van der Waals surface area contributed by atoms with Gasteiger partial charge in [-0.3, -0.25) is 9.59 Å². The topological polar surface area (TPSA) is 64.6 Å². The Balaban J connectivity index is 2.50. The molecule has 5 nitrogen and oxygen atoms in total. The molecule has 1 rings (SSSR count). The van der Waals surface area contributed by atoms with E-state index in [9.17, 15) is 9.59 Å². The Bertz CT molecular complexity index is 391. The number of para-hydroxylation sites is 1. The molecule has 1 atom stereocenters. The summed E-state index contributed by atoms with van der Waals surface area (Å²) in [5, 5.41) is 2.47. The van der Waals surface area contributed by atoms with Gasteiger partial charge in [-0.05, 0) is 18.6 Å². The molecule has 0 aliphatic carbocycles. The van der Waals surface area contributed by atoms with Crippen molar-refractivity contribution in [1.82, 2.24) is 5.32 Å². The number of ether oxygens (including phenoxy) is 2. The van der Waals surface area contributed by atoms with Gasteiger partial charge in [0.25, 0.3) is 5.91 Å². The van der Waals surface area contributed by atoms with Crippen LogP contribution in [0.25, 0.3) is 0 Å². The molecule has 0 bridgehead atoms. The van der Waals surface area contributed by atoms with Crippen molar-refractivity contribution in [2.45, 2.75) is 19.4 Å². The molecular formula is C13H17NO4. The lowest BCUT2D eigenvalue weighted by Gasteiger charge is -2.16. The summed E-state index contributed by atoms with van der Waals surface area (Å²) in [7, 11) is 1.27. The van der Waals surface area contributed by atoms with Gasteiger partial charge in [0.2, 0.25) is 0 Å². The molecular weight excluding hydrogens is 234 g/mol. The molecule has 1 aromatic carbocycles. The monoisotopic (exact) mass is 251 g/mol. The molecule has 0 spiro atoms. The van der Waals surface area contributed by atoms with E-state index in [0.717, 1.165) is 0 Å². The second kappa shape index (κ2) is 7.32. The van der Waals surface area contributed by atoms with E-state index in [2.05, 4.69) is 10.1 Å². The van der Waals surface area contributed by atoms with Crippen molar-refractivity contribution >= 4 is 11.9 Å². The van der Waals surface area contributed by atoms with E-state index in [4.69, 9.17) is 4.74 Å². The minimum absolute atomic E-state index is 0.149. The number of carbonyl (C=O) groups is 2. The van der Waals surface area contributed by atoms with Crippen molar-refractivity contribution in [2.75, 3.05) is 13.7 Å². The molecule has 0 aliphatic heterocycles. The van der Waals surface area contributed by atoms with Gasteiger partial charge in [-0.1, -0.05) is 25.1 Å². The Labute approximate surface area is 106 Å². The summed E-state index contributed by atoms with van der Waals surface area (Å²) in [6.45, 7) is 1.69. The quantitative estimate of drug-likeness (QED) is 0.770. The Morgan fingerprint density at radius 2 is 1.94 bits per heavy atom. The van der Waals surface area contributed by atoms with Gasteiger partial charge >= 0.3 is 5.97 Å². The predicted molar refractivity (Wildman–Crippen MR) is 66.2 cm³/mol. The van der Waals surface area contributed by atoms with Gasteiger partial charge in [0, 0.05) is 0 Å². The van der Waals surface area contributed by atoms with Crippen molar-refractivity contribution in [3.63, 3.8) is 0 Å². The molecule has 1 amide bonds. The zero-order chi connectivity index (χ0) is 13.4. The normalized spacial score (nSPS) is 11.4. The van der Waals surface area contributed by atoms with Crippen LogP contribution in [0.1, 0.15) is 13.3 Å². The first-order valence-corrected chi connectivity index (χ1v) is 5.73. The smallest absolute Gasteiger partial charge is 0.325 e. The van der Waals surface area contributed by atoms with Gasteiger partial charge in [-0.2, -0.15) is 0 Å². The highest BCUT2D eigenvalue weighted by Crippen LogP contribution is 2.12. The summed E-state index contributed by atoms with van der Waals surface area (Å²) < 4.78 is 9.96. The lowest BCUT2D eigenvalue weighted by Crippen LogP contribution is -2.40. The fraction of sp³-hybridized carbons (Fsp3) is 0.385. The summed E-state index contributed by atoms with van der Waals surface area (Å²) in [6.07, 6.45) is -0.0981. The van der Waals surface area contributed by atoms with Crippen molar-refractivity contribution < 1.29 is 19.1 Å². The molecule has 0 aromatic heterocycles. The van der Waals surface area contributed by atoms with Crippen molar-refractivity contribution in [2.24, 2.45) is 0 Å². The Morgan fingerprint density at radius 1 is 1.28 bits per heavy atom. The van der Waals surface area contributed by atoms with Crippen LogP contribution in [0.4, 0.5) is 0 Å². The average Bonchev–Trinajstić information content (AvgIpc) is 2.42. The number of hydrogen-bond donors (Lipinski definition) is 1. The lowest BCUT2D eigenvalue weighted by molar-refractivity contribution is -0.142. The van der Waals surface area contributed by atoms with Gasteiger partial charge in [0.1, 0.15) is 12.3 Å². The Morgan fingerprint density at radius 3 is 2.50 bits per heavy atom. The van der Waals surface area contributed by atoms with Crippen LogP contribution in [-0.4, -0.2) is 31.6 Å².